The molecular formula is C8H10N4O2. The molecule has 0 unspecified atom stereocenters. The Morgan fingerprint density at radius 1 is 1.64 bits per heavy atom. The first-order valence-electron chi connectivity index (χ1n) is 4.26. The summed E-state index contributed by atoms with van der Waals surface area (Å²) in [6, 6.07) is 0.212. The molecule has 0 aliphatic carbocycles. The number of aromatic nitrogens is 4. The summed E-state index contributed by atoms with van der Waals surface area (Å²) in [7, 11) is 1.74. The number of nitrogens with one attached hydrogen (secondary N) is 1. The number of ether oxygens (including phenoxy) is 1. The highest BCUT2D eigenvalue weighted by Crippen LogP contribution is 2.06. The maximum Gasteiger partial charge on any atom is 0.298 e. The van der Waals surface area contributed by atoms with Gasteiger partial charge in [-0.3, -0.25) is 9.78 Å². The van der Waals surface area contributed by atoms with Crippen molar-refractivity contribution in [3.05, 3.63) is 16.7 Å². The van der Waals surface area contributed by atoms with Gasteiger partial charge in [0.2, 0.25) is 0 Å². The predicted molar refractivity (Wildman–Crippen MR) is 50.3 cm³/mol. The summed E-state index contributed by atoms with van der Waals surface area (Å²) in [6.45, 7) is 2.28. The van der Waals surface area contributed by atoms with Crippen molar-refractivity contribution in [2.75, 3.05) is 6.61 Å². The molecule has 0 fully saturated rings. The van der Waals surface area contributed by atoms with Gasteiger partial charge >= 0.3 is 0 Å². The van der Waals surface area contributed by atoms with Gasteiger partial charge in [0.1, 0.15) is 0 Å². The van der Waals surface area contributed by atoms with Crippen molar-refractivity contribution in [1.29, 1.82) is 0 Å². The van der Waals surface area contributed by atoms with Crippen LogP contribution in [0.2, 0.25) is 0 Å². The number of hydrogen-bond acceptors (Lipinski definition) is 4. The number of H-pyrrole nitrogens is 1. The molecule has 0 aromatic carbocycles. The topological polar surface area (TPSA) is 72.8 Å². The zero-order valence-electron chi connectivity index (χ0n) is 7.94. The summed E-state index contributed by atoms with van der Waals surface area (Å²) in [5.74, 6) is 0. The van der Waals surface area contributed by atoms with E-state index in [9.17, 15) is 4.79 Å². The van der Waals surface area contributed by atoms with Crippen LogP contribution in [0.15, 0.2) is 11.1 Å². The third-order valence-electron chi connectivity index (χ3n) is 1.84. The molecule has 2 rings (SSSR count). The number of nitrogens with zero attached hydrogens (tertiary/aromatic N) is 3. The SMILES string of the molecule is CCOc1nc2ncn(C)c2c(=O)[nH]1. The van der Waals surface area contributed by atoms with Gasteiger partial charge in [0.15, 0.2) is 11.2 Å². The van der Waals surface area contributed by atoms with Crippen LogP contribution in [-0.4, -0.2) is 26.1 Å². The van der Waals surface area contributed by atoms with E-state index in [1.54, 1.807) is 17.9 Å². The smallest absolute Gasteiger partial charge is 0.298 e. The van der Waals surface area contributed by atoms with E-state index < -0.39 is 0 Å². The van der Waals surface area contributed by atoms with Gasteiger partial charge in [-0.2, -0.15) is 4.98 Å². The molecule has 0 saturated heterocycles. The van der Waals surface area contributed by atoms with Crippen LogP contribution in [0.1, 0.15) is 6.92 Å². The Labute approximate surface area is 79.6 Å². The Morgan fingerprint density at radius 3 is 3.14 bits per heavy atom. The fourth-order valence-electron chi connectivity index (χ4n) is 1.25. The van der Waals surface area contributed by atoms with Gasteiger partial charge in [-0.15, -0.1) is 0 Å². The zero-order valence-corrected chi connectivity index (χ0v) is 7.94. The van der Waals surface area contributed by atoms with Gasteiger partial charge < -0.3 is 9.30 Å². The van der Waals surface area contributed by atoms with Crippen LogP contribution in [0.4, 0.5) is 0 Å². The van der Waals surface area contributed by atoms with E-state index in [-0.39, 0.29) is 11.6 Å². The Hall–Kier alpha value is -1.85. The molecule has 0 spiro atoms. The third kappa shape index (κ3) is 1.24. The summed E-state index contributed by atoms with van der Waals surface area (Å²) < 4.78 is 6.71. The van der Waals surface area contributed by atoms with Gasteiger partial charge in [0, 0.05) is 7.05 Å². The van der Waals surface area contributed by atoms with Crippen LogP contribution in [0.3, 0.4) is 0 Å². The van der Waals surface area contributed by atoms with Crippen LogP contribution >= 0.6 is 0 Å². The largest absolute Gasteiger partial charge is 0.465 e. The minimum absolute atomic E-state index is 0.212. The van der Waals surface area contributed by atoms with Crippen LogP contribution in [0, 0.1) is 0 Å². The van der Waals surface area contributed by atoms with E-state index in [4.69, 9.17) is 4.74 Å². The molecule has 0 amide bonds. The standard InChI is InChI=1S/C8H10N4O2/c1-3-14-8-10-6-5(7(13)11-8)12(2)4-9-6/h4H,3H2,1-2H3,(H,10,11,13). The number of aromatic amines is 1. The fourth-order valence-corrected chi connectivity index (χ4v) is 1.25. The van der Waals surface area contributed by atoms with E-state index in [0.29, 0.717) is 17.8 Å². The molecule has 0 saturated carbocycles. The fraction of sp³-hybridized carbons (Fsp3) is 0.375. The predicted octanol–water partition coefficient (Wildman–Crippen LogP) is 0.0553. The van der Waals surface area contributed by atoms with Crippen molar-refractivity contribution in [3.63, 3.8) is 0 Å². The molecule has 0 bridgehead atoms. The molecule has 0 radical (unpaired) electrons. The van der Waals surface area contributed by atoms with Crippen molar-refractivity contribution in [1.82, 2.24) is 19.5 Å². The lowest BCUT2D eigenvalue weighted by molar-refractivity contribution is 0.313. The lowest BCUT2D eigenvalue weighted by Gasteiger charge is -2.00. The highest BCUT2D eigenvalue weighted by atomic mass is 16.5. The second-order valence-corrected chi connectivity index (χ2v) is 2.83. The second-order valence-electron chi connectivity index (χ2n) is 2.83. The summed E-state index contributed by atoms with van der Waals surface area (Å²) in [5, 5.41) is 0. The van der Waals surface area contributed by atoms with Crippen LogP contribution in [0.5, 0.6) is 6.01 Å². The molecule has 0 aliphatic heterocycles. The first-order chi connectivity index (χ1) is 6.72. The van der Waals surface area contributed by atoms with Crippen LogP contribution in [-0.2, 0) is 7.05 Å². The van der Waals surface area contributed by atoms with E-state index in [0.717, 1.165) is 0 Å². The maximum atomic E-state index is 11.5. The highest BCUT2D eigenvalue weighted by Gasteiger charge is 2.08. The number of rotatable bonds is 2. The number of aryl methyl sites for hydroxylation is 1. The second kappa shape index (κ2) is 3.13. The summed E-state index contributed by atoms with van der Waals surface area (Å²) in [6.07, 6.45) is 1.54. The lowest BCUT2D eigenvalue weighted by Crippen LogP contribution is -2.12. The van der Waals surface area contributed by atoms with Crippen LogP contribution in [0.25, 0.3) is 11.2 Å². The molecule has 14 heavy (non-hydrogen) atoms. The van der Waals surface area contributed by atoms with E-state index in [2.05, 4.69) is 15.0 Å². The van der Waals surface area contributed by atoms with Crippen molar-refractivity contribution in [3.8, 4) is 6.01 Å². The van der Waals surface area contributed by atoms with Gasteiger partial charge in [-0.25, -0.2) is 4.98 Å². The zero-order chi connectivity index (χ0) is 10.1. The molecule has 0 aliphatic rings. The minimum Gasteiger partial charge on any atom is -0.465 e. The monoisotopic (exact) mass is 194 g/mol. The third-order valence-corrected chi connectivity index (χ3v) is 1.84. The summed E-state index contributed by atoms with van der Waals surface area (Å²) in [4.78, 5) is 22.1. The van der Waals surface area contributed by atoms with Gasteiger partial charge in [0.25, 0.3) is 11.6 Å². The molecule has 6 heteroatoms. The minimum atomic E-state index is -0.238. The van der Waals surface area contributed by atoms with Crippen molar-refractivity contribution >= 4 is 11.2 Å². The maximum absolute atomic E-state index is 11.5. The van der Waals surface area contributed by atoms with E-state index >= 15 is 0 Å². The van der Waals surface area contributed by atoms with E-state index in [1.165, 1.54) is 0 Å². The summed E-state index contributed by atoms with van der Waals surface area (Å²) >= 11 is 0. The van der Waals surface area contributed by atoms with Crippen molar-refractivity contribution < 1.29 is 4.74 Å². The Kier molecular flexibility index (Phi) is 1.95. The lowest BCUT2D eigenvalue weighted by atomic mass is 10.5. The van der Waals surface area contributed by atoms with Gasteiger partial charge in [-0.1, -0.05) is 0 Å². The van der Waals surface area contributed by atoms with Gasteiger partial charge in [-0.05, 0) is 6.92 Å². The van der Waals surface area contributed by atoms with Crippen molar-refractivity contribution in [2.45, 2.75) is 6.92 Å². The molecule has 2 aromatic heterocycles. The average molecular weight is 194 g/mol. The van der Waals surface area contributed by atoms with Gasteiger partial charge in [0.05, 0.1) is 12.9 Å². The normalized spacial score (nSPS) is 10.7. The number of fused-ring (bicyclic) bond motifs is 1. The molecule has 1 N–H and O–H groups in total. The van der Waals surface area contributed by atoms with Crippen molar-refractivity contribution in [2.24, 2.45) is 7.05 Å². The Balaban J connectivity index is 2.68. The highest BCUT2D eigenvalue weighted by molar-refractivity contribution is 5.69. The quantitative estimate of drug-likeness (QED) is 0.733. The molecular weight excluding hydrogens is 184 g/mol. The molecule has 6 nitrogen and oxygen atoms in total. The first kappa shape index (κ1) is 8.74. The van der Waals surface area contributed by atoms with E-state index in [1.807, 2.05) is 6.92 Å². The Morgan fingerprint density at radius 2 is 2.43 bits per heavy atom. The molecule has 2 heterocycles. The molecule has 74 valence electrons. The number of hydrogen-bond donors (Lipinski definition) is 1. The Bertz CT molecular complexity index is 514. The van der Waals surface area contributed by atoms with Crippen LogP contribution < -0.4 is 10.3 Å². The first-order valence-corrected chi connectivity index (χ1v) is 4.26. The molecule has 2 aromatic rings. The number of imidazole rings is 1. The average Bonchev–Trinajstić information content (AvgIpc) is 2.48. The molecule has 0 atom stereocenters. The summed E-state index contributed by atoms with van der Waals surface area (Å²) in [5.41, 5.74) is 0.617.